The summed E-state index contributed by atoms with van der Waals surface area (Å²) in [6.07, 6.45) is 1.13. The number of benzene rings is 1. The van der Waals surface area contributed by atoms with Crippen LogP contribution >= 0.6 is 0 Å². The van der Waals surface area contributed by atoms with E-state index in [9.17, 15) is 12.8 Å². The van der Waals surface area contributed by atoms with E-state index in [2.05, 4.69) is 0 Å². The van der Waals surface area contributed by atoms with E-state index in [4.69, 9.17) is 11.0 Å². The van der Waals surface area contributed by atoms with Crippen LogP contribution in [0.15, 0.2) is 23.1 Å². The molecule has 0 aromatic heterocycles. The van der Waals surface area contributed by atoms with E-state index in [0.29, 0.717) is 25.9 Å². The average Bonchev–Trinajstić information content (AvgIpc) is 2.38. The summed E-state index contributed by atoms with van der Waals surface area (Å²) in [5.74, 6) is -0.895. The van der Waals surface area contributed by atoms with Gasteiger partial charge in [-0.05, 0) is 31.0 Å². The van der Waals surface area contributed by atoms with Crippen molar-refractivity contribution in [3.05, 3.63) is 29.6 Å². The number of hydrogen-bond acceptors (Lipinski definition) is 4. The Balaban J connectivity index is 2.32. The maximum absolute atomic E-state index is 13.8. The van der Waals surface area contributed by atoms with Gasteiger partial charge in [-0.15, -0.1) is 0 Å². The molecule has 1 fully saturated rings. The predicted molar refractivity (Wildman–Crippen MR) is 67.1 cm³/mol. The third-order valence-electron chi connectivity index (χ3n) is 3.18. The second kappa shape index (κ2) is 5.25. The van der Waals surface area contributed by atoms with Crippen molar-refractivity contribution >= 4 is 10.0 Å². The van der Waals surface area contributed by atoms with E-state index in [1.807, 2.05) is 0 Å². The fraction of sp³-hybridized carbons (Fsp3) is 0.417. The normalized spacial score (nSPS) is 18.2. The van der Waals surface area contributed by atoms with Crippen molar-refractivity contribution in [2.75, 3.05) is 13.1 Å². The molecule has 0 bridgehead atoms. The number of nitrogens with zero attached hydrogens (tertiary/aromatic N) is 2. The highest BCUT2D eigenvalue weighted by Crippen LogP contribution is 2.23. The Hall–Kier alpha value is -1.49. The highest BCUT2D eigenvalue weighted by molar-refractivity contribution is 7.89. The molecule has 7 heteroatoms. The molecular formula is C12H14FN3O2S. The van der Waals surface area contributed by atoms with E-state index < -0.39 is 15.8 Å². The third kappa shape index (κ3) is 2.76. The summed E-state index contributed by atoms with van der Waals surface area (Å²) in [6.45, 7) is 0.589. The quantitative estimate of drug-likeness (QED) is 0.870. The van der Waals surface area contributed by atoms with E-state index in [0.717, 1.165) is 12.1 Å². The predicted octanol–water partition coefficient (Wildman–Crippen LogP) is 0.809. The first-order chi connectivity index (χ1) is 8.95. The van der Waals surface area contributed by atoms with Crippen LogP contribution in [0.3, 0.4) is 0 Å². The van der Waals surface area contributed by atoms with Crippen LogP contribution in [0.2, 0.25) is 0 Å². The second-order valence-electron chi connectivity index (χ2n) is 4.50. The lowest BCUT2D eigenvalue weighted by molar-refractivity contribution is 0.319. The van der Waals surface area contributed by atoms with Crippen molar-refractivity contribution in [2.24, 2.45) is 5.73 Å². The first-order valence-corrected chi connectivity index (χ1v) is 7.34. The van der Waals surface area contributed by atoms with Gasteiger partial charge in [0.25, 0.3) is 0 Å². The molecule has 0 saturated carbocycles. The summed E-state index contributed by atoms with van der Waals surface area (Å²) in [5.41, 5.74) is 5.81. The Morgan fingerprint density at radius 2 is 2.00 bits per heavy atom. The van der Waals surface area contributed by atoms with Gasteiger partial charge in [0.2, 0.25) is 10.0 Å². The number of nitrogens with two attached hydrogens (primary N) is 1. The van der Waals surface area contributed by atoms with Crippen LogP contribution in [-0.2, 0) is 10.0 Å². The number of rotatable bonds is 2. The van der Waals surface area contributed by atoms with Crippen LogP contribution in [0.25, 0.3) is 0 Å². The van der Waals surface area contributed by atoms with E-state index in [-0.39, 0.29) is 16.5 Å². The first-order valence-electron chi connectivity index (χ1n) is 5.90. The number of hydrogen-bond donors (Lipinski definition) is 1. The molecule has 0 radical (unpaired) electrons. The Bertz CT molecular complexity index is 616. The molecule has 1 saturated heterocycles. The molecule has 102 valence electrons. The van der Waals surface area contributed by atoms with Gasteiger partial charge < -0.3 is 5.73 Å². The topological polar surface area (TPSA) is 87.2 Å². The van der Waals surface area contributed by atoms with Gasteiger partial charge in [-0.3, -0.25) is 0 Å². The fourth-order valence-electron chi connectivity index (χ4n) is 2.03. The molecule has 0 aliphatic carbocycles. The molecule has 5 nitrogen and oxygen atoms in total. The lowest BCUT2D eigenvalue weighted by Crippen LogP contribution is -2.42. The van der Waals surface area contributed by atoms with Gasteiger partial charge >= 0.3 is 0 Å². The Morgan fingerprint density at radius 1 is 1.37 bits per heavy atom. The van der Waals surface area contributed by atoms with E-state index in [1.54, 1.807) is 6.07 Å². The van der Waals surface area contributed by atoms with Gasteiger partial charge in [0.15, 0.2) is 0 Å². The summed E-state index contributed by atoms with van der Waals surface area (Å²) in [4.78, 5) is -0.387. The van der Waals surface area contributed by atoms with Gasteiger partial charge in [-0.2, -0.15) is 9.57 Å². The van der Waals surface area contributed by atoms with E-state index in [1.165, 1.54) is 10.4 Å². The molecule has 2 N–H and O–H groups in total. The van der Waals surface area contributed by atoms with E-state index >= 15 is 0 Å². The van der Waals surface area contributed by atoms with Crippen LogP contribution in [-0.4, -0.2) is 31.9 Å². The molecule has 1 aliphatic heterocycles. The Labute approximate surface area is 111 Å². The van der Waals surface area contributed by atoms with Gasteiger partial charge in [0.05, 0.1) is 11.6 Å². The van der Waals surface area contributed by atoms with Crippen LogP contribution in [0, 0.1) is 17.1 Å². The molecular weight excluding hydrogens is 269 g/mol. The van der Waals surface area contributed by atoms with Crippen molar-refractivity contribution in [1.29, 1.82) is 5.26 Å². The fourth-order valence-corrected chi connectivity index (χ4v) is 3.55. The molecule has 1 aliphatic rings. The van der Waals surface area contributed by atoms with Crippen LogP contribution in [0.5, 0.6) is 0 Å². The zero-order valence-electron chi connectivity index (χ0n) is 10.2. The molecule has 0 atom stereocenters. The largest absolute Gasteiger partial charge is 0.328 e. The van der Waals surface area contributed by atoms with Crippen molar-refractivity contribution in [3.63, 3.8) is 0 Å². The Morgan fingerprint density at radius 3 is 2.53 bits per heavy atom. The summed E-state index contributed by atoms with van der Waals surface area (Å²) in [7, 11) is -3.85. The third-order valence-corrected chi connectivity index (χ3v) is 5.11. The Kier molecular flexibility index (Phi) is 3.85. The zero-order chi connectivity index (χ0) is 14.0. The van der Waals surface area contributed by atoms with Gasteiger partial charge in [-0.1, -0.05) is 0 Å². The minimum absolute atomic E-state index is 0.00254. The van der Waals surface area contributed by atoms with Crippen molar-refractivity contribution in [3.8, 4) is 6.07 Å². The minimum Gasteiger partial charge on any atom is -0.328 e. The molecule has 0 unspecified atom stereocenters. The standard InChI is InChI=1S/C12H14FN3O2S/c13-11-7-9(8-14)1-2-12(11)19(17,18)16-5-3-10(15)4-6-16/h1-2,7,10H,3-6,15H2. The molecule has 2 rings (SSSR count). The number of nitriles is 1. The molecule has 0 spiro atoms. The molecule has 1 aromatic carbocycles. The average molecular weight is 283 g/mol. The summed E-state index contributed by atoms with van der Waals surface area (Å²) >= 11 is 0. The van der Waals surface area contributed by atoms with Crippen LogP contribution in [0.1, 0.15) is 18.4 Å². The SMILES string of the molecule is N#Cc1ccc(S(=O)(=O)N2CCC(N)CC2)c(F)c1. The summed E-state index contributed by atoms with van der Waals surface area (Å²) in [6, 6.07) is 5.13. The molecule has 1 heterocycles. The van der Waals surface area contributed by atoms with Crippen LogP contribution in [0.4, 0.5) is 4.39 Å². The lowest BCUT2D eigenvalue weighted by atomic mass is 10.1. The number of halogens is 1. The molecule has 1 aromatic rings. The van der Waals surface area contributed by atoms with Gasteiger partial charge in [0.1, 0.15) is 10.7 Å². The zero-order valence-corrected chi connectivity index (χ0v) is 11.0. The minimum atomic E-state index is -3.85. The lowest BCUT2D eigenvalue weighted by Gasteiger charge is -2.29. The van der Waals surface area contributed by atoms with Crippen molar-refractivity contribution in [2.45, 2.75) is 23.8 Å². The molecule has 19 heavy (non-hydrogen) atoms. The maximum Gasteiger partial charge on any atom is 0.245 e. The smallest absolute Gasteiger partial charge is 0.245 e. The molecule has 0 amide bonds. The van der Waals surface area contributed by atoms with Gasteiger partial charge in [-0.25, -0.2) is 12.8 Å². The van der Waals surface area contributed by atoms with Crippen LogP contribution < -0.4 is 5.73 Å². The van der Waals surface area contributed by atoms with Crippen molar-refractivity contribution < 1.29 is 12.8 Å². The monoisotopic (exact) mass is 283 g/mol. The number of sulfonamides is 1. The van der Waals surface area contributed by atoms with Crippen molar-refractivity contribution in [1.82, 2.24) is 4.31 Å². The van der Waals surface area contributed by atoms with Gasteiger partial charge in [0, 0.05) is 19.1 Å². The highest BCUT2D eigenvalue weighted by atomic mass is 32.2. The highest BCUT2D eigenvalue weighted by Gasteiger charge is 2.30. The number of piperidine rings is 1. The maximum atomic E-state index is 13.8. The summed E-state index contributed by atoms with van der Waals surface area (Å²) < 4.78 is 39.6. The first kappa shape index (κ1) is 13.9. The second-order valence-corrected chi connectivity index (χ2v) is 6.40. The summed E-state index contributed by atoms with van der Waals surface area (Å²) in [5, 5.41) is 8.64.